The molecule has 1 saturated carbocycles. The van der Waals surface area contributed by atoms with Crippen LogP contribution in [0.3, 0.4) is 0 Å². The maximum atomic E-state index is 12.0. The van der Waals surface area contributed by atoms with Crippen molar-refractivity contribution in [1.82, 2.24) is 15.1 Å². The zero-order valence-corrected chi connectivity index (χ0v) is 14.4. The average Bonchev–Trinajstić information content (AvgIpc) is 3.04. The third-order valence-electron chi connectivity index (χ3n) is 3.96. The van der Waals surface area contributed by atoms with E-state index in [0.29, 0.717) is 6.54 Å². The lowest BCUT2D eigenvalue weighted by molar-refractivity contribution is 0.0489. The van der Waals surface area contributed by atoms with Gasteiger partial charge >= 0.3 is 6.09 Å². The Morgan fingerprint density at radius 2 is 1.96 bits per heavy atom. The molecule has 0 atom stereocenters. The third-order valence-corrected chi connectivity index (χ3v) is 3.96. The van der Waals surface area contributed by atoms with Crippen LogP contribution in [0.25, 0.3) is 11.1 Å². The molecule has 1 fully saturated rings. The molecular formula is C18H24N4O2. The summed E-state index contributed by atoms with van der Waals surface area (Å²) in [6.45, 7) is 6.22. The van der Waals surface area contributed by atoms with Gasteiger partial charge in [0.15, 0.2) is 0 Å². The van der Waals surface area contributed by atoms with E-state index >= 15 is 0 Å². The number of amides is 1. The normalized spacial score (nSPS) is 15.8. The Bertz CT molecular complexity index is 724. The molecular weight excluding hydrogens is 304 g/mol. The molecule has 2 aromatic rings. The highest BCUT2D eigenvalue weighted by Gasteiger charge is 2.45. The number of ether oxygens (including phenoxy) is 1. The number of carbonyl (C=O) groups is 1. The van der Waals surface area contributed by atoms with E-state index in [1.165, 1.54) is 0 Å². The van der Waals surface area contributed by atoms with Gasteiger partial charge < -0.3 is 15.8 Å². The first-order valence-electron chi connectivity index (χ1n) is 8.14. The molecule has 1 aliphatic rings. The second-order valence-corrected chi connectivity index (χ2v) is 7.46. The van der Waals surface area contributed by atoms with Gasteiger partial charge in [-0.05, 0) is 51.3 Å². The van der Waals surface area contributed by atoms with Gasteiger partial charge in [-0.2, -0.15) is 5.10 Å². The summed E-state index contributed by atoms with van der Waals surface area (Å²) in [5.41, 5.74) is 7.82. The van der Waals surface area contributed by atoms with Crippen LogP contribution in [-0.4, -0.2) is 27.0 Å². The Kier molecular flexibility index (Phi) is 3.99. The topological polar surface area (TPSA) is 82.2 Å². The first-order chi connectivity index (χ1) is 11.2. The molecule has 1 aromatic heterocycles. The van der Waals surface area contributed by atoms with Gasteiger partial charge in [0.05, 0.1) is 18.3 Å². The fraction of sp³-hybridized carbons (Fsp3) is 0.444. The molecule has 128 valence electrons. The number of hydrogen-bond donors (Lipinski definition) is 2. The van der Waals surface area contributed by atoms with Crippen LogP contribution in [-0.2, 0) is 11.3 Å². The first-order valence-corrected chi connectivity index (χ1v) is 8.14. The zero-order valence-electron chi connectivity index (χ0n) is 14.4. The lowest BCUT2D eigenvalue weighted by Crippen LogP contribution is -2.43. The van der Waals surface area contributed by atoms with E-state index in [1.807, 2.05) is 62.1 Å². The van der Waals surface area contributed by atoms with E-state index < -0.39 is 5.60 Å². The number of anilines is 1. The smallest absolute Gasteiger partial charge is 0.408 e. The molecule has 0 saturated heterocycles. The van der Waals surface area contributed by atoms with Crippen LogP contribution < -0.4 is 11.1 Å². The molecule has 0 aliphatic heterocycles. The Morgan fingerprint density at radius 1 is 1.29 bits per heavy atom. The molecule has 0 unspecified atom stereocenters. The van der Waals surface area contributed by atoms with Crippen molar-refractivity contribution in [3.05, 3.63) is 36.7 Å². The predicted molar refractivity (Wildman–Crippen MR) is 93.4 cm³/mol. The number of nitrogens with zero attached hydrogens (tertiary/aromatic N) is 2. The highest BCUT2D eigenvalue weighted by molar-refractivity contribution is 5.69. The van der Waals surface area contributed by atoms with Gasteiger partial charge in [0.1, 0.15) is 5.60 Å². The molecule has 0 bridgehead atoms. The van der Waals surface area contributed by atoms with Crippen molar-refractivity contribution in [1.29, 1.82) is 0 Å². The number of alkyl carbamates (subject to hydrolysis) is 1. The van der Waals surface area contributed by atoms with Crippen molar-refractivity contribution in [3.63, 3.8) is 0 Å². The monoisotopic (exact) mass is 328 g/mol. The van der Waals surface area contributed by atoms with Crippen molar-refractivity contribution in [2.75, 3.05) is 5.73 Å². The largest absolute Gasteiger partial charge is 0.444 e. The standard InChI is InChI=1S/C18H24N4O2/c1-17(2,3)24-16(23)21-18(8-9-18)12-22-11-14(10-20-22)13-4-6-15(19)7-5-13/h4-7,10-11H,8-9,12,19H2,1-3H3,(H,21,23). The maximum Gasteiger partial charge on any atom is 0.408 e. The summed E-state index contributed by atoms with van der Waals surface area (Å²) in [6, 6.07) is 7.70. The van der Waals surface area contributed by atoms with Crippen LogP contribution in [0.1, 0.15) is 33.6 Å². The van der Waals surface area contributed by atoms with Crippen LogP contribution in [0, 0.1) is 0 Å². The van der Waals surface area contributed by atoms with Crippen LogP contribution in [0.5, 0.6) is 0 Å². The van der Waals surface area contributed by atoms with E-state index in [-0.39, 0.29) is 11.6 Å². The van der Waals surface area contributed by atoms with Crippen molar-refractivity contribution < 1.29 is 9.53 Å². The molecule has 0 radical (unpaired) electrons. The fourth-order valence-electron chi connectivity index (χ4n) is 2.58. The number of nitrogens with one attached hydrogen (secondary N) is 1. The number of benzene rings is 1. The molecule has 3 N–H and O–H groups in total. The van der Waals surface area contributed by atoms with Gasteiger partial charge in [-0.3, -0.25) is 4.68 Å². The van der Waals surface area contributed by atoms with Crippen molar-refractivity contribution in [2.24, 2.45) is 0 Å². The quantitative estimate of drug-likeness (QED) is 0.845. The summed E-state index contributed by atoms with van der Waals surface area (Å²) in [7, 11) is 0. The van der Waals surface area contributed by atoms with Crippen molar-refractivity contribution in [3.8, 4) is 11.1 Å². The number of aromatic nitrogens is 2. The highest BCUT2D eigenvalue weighted by Crippen LogP contribution is 2.37. The minimum absolute atomic E-state index is 0.243. The van der Waals surface area contributed by atoms with Crippen LogP contribution >= 0.6 is 0 Å². The molecule has 24 heavy (non-hydrogen) atoms. The third kappa shape index (κ3) is 4.07. The van der Waals surface area contributed by atoms with Crippen molar-refractivity contribution in [2.45, 2.75) is 51.3 Å². The van der Waals surface area contributed by atoms with Gasteiger partial charge in [0.2, 0.25) is 0 Å². The van der Waals surface area contributed by atoms with E-state index in [4.69, 9.17) is 10.5 Å². The van der Waals surface area contributed by atoms with E-state index in [9.17, 15) is 4.79 Å². The molecule has 1 aromatic carbocycles. The molecule has 1 amide bonds. The summed E-state index contributed by atoms with van der Waals surface area (Å²) < 4.78 is 7.22. The molecule has 1 aliphatic carbocycles. The number of nitrogen functional groups attached to an aromatic ring is 1. The number of carbonyl (C=O) groups excluding carboxylic acids is 1. The fourth-order valence-corrected chi connectivity index (χ4v) is 2.58. The lowest BCUT2D eigenvalue weighted by Gasteiger charge is -2.23. The van der Waals surface area contributed by atoms with Gasteiger partial charge in [-0.25, -0.2) is 4.79 Å². The van der Waals surface area contributed by atoms with E-state index in [2.05, 4.69) is 10.4 Å². The van der Waals surface area contributed by atoms with Crippen LogP contribution in [0.4, 0.5) is 10.5 Å². The number of nitrogens with two attached hydrogens (primary N) is 1. The second-order valence-electron chi connectivity index (χ2n) is 7.46. The molecule has 6 heteroatoms. The van der Waals surface area contributed by atoms with Gasteiger partial charge in [-0.1, -0.05) is 12.1 Å². The van der Waals surface area contributed by atoms with E-state index in [1.54, 1.807) is 0 Å². The Hall–Kier alpha value is -2.50. The summed E-state index contributed by atoms with van der Waals surface area (Å²) in [6.07, 6.45) is 5.32. The molecule has 6 nitrogen and oxygen atoms in total. The first kappa shape index (κ1) is 16.4. The zero-order chi connectivity index (χ0) is 17.4. The number of rotatable bonds is 4. The lowest BCUT2D eigenvalue weighted by atomic mass is 10.1. The Labute approximate surface area is 142 Å². The van der Waals surface area contributed by atoms with Crippen molar-refractivity contribution >= 4 is 11.8 Å². The summed E-state index contributed by atoms with van der Waals surface area (Å²) in [5.74, 6) is 0. The van der Waals surface area contributed by atoms with E-state index in [0.717, 1.165) is 29.7 Å². The maximum absolute atomic E-state index is 12.0. The highest BCUT2D eigenvalue weighted by atomic mass is 16.6. The molecule has 0 spiro atoms. The number of hydrogen-bond acceptors (Lipinski definition) is 4. The van der Waals surface area contributed by atoms with Crippen LogP contribution in [0.15, 0.2) is 36.7 Å². The average molecular weight is 328 g/mol. The minimum Gasteiger partial charge on any atom is -0.444 e. The summed E-state index contributed by atoms with van der Waals surface area (Å²) in [5, 5.41) is 7.41. The molecule has 3 rings (SSSR count). The summed E-state index contributed by atoms with van der Waals surface area (Å²) in [4.78, 5) is 12.0. The van der Waals surface area contributed by atoms with Crippen LogP contribution in [0.2, 0.25) is 0 Å². The van der Waals surface area contributed by atoms with Gasteiger partial charge in [0, 0.05) is 17.4 Å². The van der Waals surface area contributed by atoms with Gasteiger partial charge in [-0.15, -0.1) is 0 Å². The Balaban J connectivity index is 1.64. The summed E-state index contributed by atoms with van der Waals surface area (Å²) >= 11 is 0. The SMILES string of the molecule is CC(C)(C)OC(=O)NC1(Cn2cc(-c3ccc(N)cc3)cn2)CC1. The predicted octanol–water partition coefficient (Wildman–Crippen LogP) is 3.19. The second kappa shape index (κ2) is 5.85. The van der Waals surface area contributed by atoms with Gasteiger partial charge in [0.25, 0.3) is 0 Å². The molecule has 1 heterocycles. The Morgan fingerprint density at radius 3 is 2.54 bits per heavy atom. The minimum atomic E-state index is -0.492.